The number of thiazole rings is 1. The highest BCUT2D eigenvalue weighted by Crippen LogP contribution is 2.25. The van der Waals surface area contributed by atoms with Crippen molar-refractivity contribution in [3.8, 4) is 0 Å². The molecular weight excluding hydrogens is 266 g/mol. The maximum Gasteiger partial charge on any atom is 0.0968 e. The number of aromatic nitrogens is 1. The molecule has 0 fully saturated rings. The summed E-state index contributed by atoms with van der Waals surface area (Å²) in [6.45, 7) is 7.33. The predicted octanol–water partition coefficient (Wildman–Crippen LogP) is 3.96. The van der Waals surface area contributed by atoms with E-state index in [1.807, 2.05) is 25.0 Å². The molecule has 3 nitrogen and oxygen atoms in total. The molecule has 0 radical (unpaired) electrons. The Kier molecular flexibility index (Phi) is 4.90. The van der Waals surface area contributed by atoms with Crippen molar-refractivity contribution in [3.05, 3.63) is 45.4 Å². The van der Waals surface area contributed by atoms with Crippen molar-refractivity contribution in [2.75, 3.05) is 13.6 Å². The van der Waals surface area contributed by atoms with Crippen LogP contribution in [0.5, 0.6) is 0 Å². The van der Waals surface area contributed by atoms with Gasteiger partial charge in [-0.15, -0.1) is 11.3 Å². The smallest absolute Gasteiger partial charge is 0.0968 e. The van der Waals surface area contributed by atoms with Crippen LogP contribution < -0.4 is 0 Å². The van der Waals surface area contributed by atoms with E-state index >= 15 is 0 Å². The Bertz CT molecular complexity index is 588. The van der Waals surface area contributed by atoms with Crippen LogP contribution >= 0.6 is 11.3 Å². The van der Waals surface area contributed by atoms with Crippen LogP contribution in [0.1, 0.15) is 28.6 Å². The molecule has 0 aliphatic rings. The number of nitrogens with zero attached hydrogens (tertiary/aromatic N) is 3. The van der Waals surface area contributed by atoms with E-state index < -0.39 is 0 Å². The topological polar surface area (TPSA) is 28.5 Å². The fourth-order valence-corrected chi connectivity index (χ4v) is 2.58. The molecule has 2 rings (SSSR count). The zero-order chi connectivity index (χ0) is 14.5. The summed E-state index contributed by atoms with van der Waals surface area (Å²) in [6.07, 6.45) is 4.66. The second-order valence-corrected chi connectivity index (χ2v) is 5.96. The SMILES string of the molecule is CCN(C)C=Nc1cc(C)c(Cc2nccs2)cc1C. The van der Waals surface area contributed by atoms with Gasteiger partial charge in [-0.2, -0.15) is 0 Å². The third-order valence-corrected chi connectivity index (χ3v) is 4.15. The van der Waals surface area contributed by atoms with Crippen LogP contribution in [0.2, 0.25) is 0 Å². The molecule has 2 aromatic rings. The lowest BCUT2D eigenvalue weighted by molar-refractivity contribution is 0.552. The van der Waals surface area contributed by atoms with Crippen molar-refractivity contribution in [1.82, 2.24) is 9.88 Å². The minimum atomic E-state index is 0.906. The van der Waals surface area contributed by atoms with E-state index in [0.29, 0.717) is 0 Å². The molecule has 20 heavy (non-hydrogen) atoms. The Labute approximate surface area is 125 Å². The van der Waals surface area contributed by atoms with Crippen molar-refractivity contribution in [1.29, 1.82) is 0 Å². The second kappa shape index (κ2) is 6.66. The molecule has 0 amide bonds. The van der Waals surface area contributed by atoms with E-state index in [1.165, 1.54) is 16.7 Å². The van der Waals surface area contributed by atoms with E-state index in [-0.39, 0.29) is 0 Å². The summed E-state index contributed by atoms with van der Waals surface area (Å²) in [4.78, 5) is 11.0. The van der Waals surface area contributed by atoms with Crippen LogP contribution in [0.25, 0.3) is 0 Å². The quantitative estimate of drug-likeness (QED) is 0.615. The molecular formula is C16H21N3S. The minimum absolute atomic E-state index is 0.906. The first kappa shape index (κ1) is 14.7. The predicted molar refractivity (Wildman–Crippen MR) is 87.3 cm³/mol. The molecule has 0 saturated heterocycles. The molecule has 0 aliphatic carbocycles. The van der Waals surface area contributed by atoms with Gasteiger partial charge in [0, 0.05) is 31.6 Å². The Balaban J connectivity index is 2.22. The zero-order valence-corrected chi connectivity index (χ0v) is 13.4. The first-order chi connectivity index (χ1) is 9.60. The highest BCUT2D eigenvalue weighted by atomic mass is 32.1. The third kappa shape index (κ3) is 3.67. The summed E-state index contributed by atoms with van der Waals surface area (Å²) in [5.74, 6) is 0. The van der Waals surface area contributed by atoms with Crippen LogP contribution in [-0.4, -0.2) is 29.8 Å². The average Bonchev–Trinajstić information content (AvgIpc) is 2.93. The number of hydrogen-bond acceptors (Lipinski definition) is 3. The lowest BCUT2D eigenvalue weighted by atomic mass is 10.0. The zero-order valence-electron chi connectivity index (χ0n) is 12.6. The van der Waals surface area contributed by atoms with Gasteiger partial charge in [0.05, 0.1) is 17.0 Å². The molecule has 0 spiro atoms. The van der Waals surface area contributed by atoms with Gasteiger partial charge in [0.25, 0.3) is 0 Å². The van der Waals surface area contributed by atoms with Gasteiger partial charge < -0.3 is 4.90 Å². The summed E-state index contributed by atoms with van der Waals surface area (Å²) in [7, 11) is 2.03. The van der Waals surface area contributed by atoms with Crippen LogP contribution in [0, 0.1) is 13.8 Å². The van der Waals surface area contributed by atoms with Crippen LogP contribution in [0.3, 0.4) is 0 Å². The summed E-state index contributed by atoms with van der Waals surface area (Å²) in [5, 5.41) is 3.19. The fourth-order valence-electron chi connectivity index (χ4n) is 1.94. The van der Waals surface area contributed by atoms with Crippen LogP contribution in [0.4, 0.5) is 5.69 Å². The van der Waals surface area contributed by atoms with E-state index in [0.717, 1.165) is 23.7 Å². The lowest BCUT2D eigenvalue weighted by Gasteiger charge is -2.11. The first-order valence-corrected chi connectivity index (χ1v) is 7.71. The Morgan fingerprint density at radius 1 is 1.30 bits per heavy atom. The molecule has 0 atom stereocenters. The normalized spacial score (nSPS) is 11.2. The molecule has 0 saturated carbocycles. The Hall–Kier alpha value is -1.68. The van der Waals surface area contributed by atoms with Crippen molar-refractivity contribution in [2.45, 2.75) is 27.2 Å². The van der Waals surface area contributed by atoms with Gasteiger partial charge in [-0.05, 0) is 43.5 Å². The number of rotatable bonds is 5. The number of aliphatic imine (C=N–C) groups is 1. The maximum atomic E-state index is 4.56. The van der Waals surface area contributed by atoms with E-state index in [1.54, 1.807) is 11.3 Å². The number of hydrogen-bond donors (Lipinski definition) is 0. The molecule has 0 bridgehead atoms. The van der Waals surface area contributed by atoms with E-state index in [2.05, 4.69) is 47.8 Å². The monoisotopic (exact) mass is 287 g/mol. The Morgan fingerprint density at radius 3 is 2.75 bits per heavy atom. The summed E-state index contributed by atoms with van der Waals surface area (Å²) >= 11 is 1.71. The Morgan fingerprint density at radius 2 is 2.10 bits per heavy atom. The molecule has 1 aromatic heterocycles. The van der Waals surface area contributed by atoms with Crippen LogP contribution in [0.15, 0.2) is 28.7 Å². The van der Waals surface area contributed by atoms with Gasteiger partial charge >= 0.3 is 0 Å². The van der Waals surface area contributed by atoms with Crippen LogP contribution in [-0.2, 0) is 6.42 Å². The van der Waals surface area contributed by atoms with Crippen molar-refractivity contribution >= 4 is 23.4 Å². The fraction of sp³-hybridized carbons (Fsp3) is 0.375. The van der Waals surface area contributed by atoms with E-state index in [4.69, 9.17) is 0 Å². The van der Waals surface area contributed by atoms with Gasteiger partial charge in [-0.3, -0.25) is 0 Å². The summed E-state index contributed by atoms with van der Waals surface area (Å²) in [6, 6.07) is 4.40. The van der Waals surface area contributed by atoms with E-state index in [9.17, 15) is 0 Å². The van der Waals surface area contributed by atoms with Crippen molar-refractivity contribution < 1.29 is 0 Å². The lowest BCUT2D eigenvalue weighted by Crippen LogP contribution is -2.14. The summed E-state index contributed by atoms with van der Waals surface area (Å²) in [5.41, 5.74) is 4.87. The third-order valence-electron chi connectivity index (χ3n) is 3.37. The minimum Gasteiger partial charge on any atom is -0.366 e. The highest BCUT2D eigenvalue weighted by Gasteiger charge is 2.06. The molecule has 0 aliphatic heterocycles. The van der Waals surface area contributed by atoms with Gasteiger partial charge in [0.15, 0.2) is 0 Å². The molecule has 0 N–H and O–H groups in total. The van der Waals surface area contributed by atoms with Gasteiger partial charge in [0.2, 0.25) is 0 Å². The van der Waals surface area contributed by atoms with Crippen molar-refractivity contribution in [2.24, 2.45) is 4.99 Å². The number of benzene rings is 1. The van der Waals surface area contributed by atoms with Gasteiger partial charge in [-0.1, -0.05) is 6.07 Å². The maximum absolute atomic E-state index is 4.56. The van der Waals surface area contributed by atoms with Gasteiger partial charge in [0.1, 0.15) is 0 Å². The molecule has 1 heterocycles. The number of aryl methyl sites for hydroxylation is 2. The largest absolute Gasteiger partial charge is 0.366 e. The average molecular weight is 287 g/mol. The highest BCUT2D eigenvalue weighted by molar-refractivity contribution is 7.09. The standard InChI is InChI=1S/C16H21N3S/c1-5-19(4)11-18-15-9-12(2)14(8-13(15)3)10-16-17-6-7-20-16/h6-9,11H,5,10H2,1-4H3. The molecule has 106 valence electrons. The first-order valence-electron chi connectivity index (χ1n) is 6.83. The summed E-state index contributed by atoms with van der Waals surface area (Å²) < 4.78 is 0. The van der Waals surface area contributed by atoms with Crippen molar-refractivity contribution in [3.63, 3.8) is 0 Å². The van der Waals surface area contributed by atoms with Gasteiger partial charge in [-0.25, -0.2) is 9.98 Å². The molecule has 0 unspecified atom stereocenters. The second-order valence-electron chi connectivity index (χ2n) is 4.99. The molecule has 4 heteroatoms. The molecule has 1 aromatic carbocycles.